The van der Waals surface area contributed by atoms with Gasteiger partial charge < -0.3 is 4.74 Å². The van der Waals surface area contributed by atoms with Gasteiger partial charge >= 0.3 is 5.97 Å². The van der Waals surface area contributed by atoms with Crippen molar-refractivity contribution in [2.75, 3.05) is 6.61 Å². The highest BCUT2D eigenvalue weighted by Crippen LogP contribution is 2.28. The lowest BCUT2D eigenvalue weighted by Crippen LogP contribution is -2.09. The standard InChI is InChI=1S/C11H9BrN2O4/c1-2-18-11(15)5-7-4-10(14(16)17)9(12)3-8(7)6-13/h3-4H,2,5H2,1H3. The molecule has 18 heavy (non-hydrogen) atoms. The Labute approximate surface area is 111 Å². The van der Waals surface area contributed by atoms with E-state index in [0.29, 0.717) is 0 Å². The zero-order chi connectivity index (χ0) is 13.7. The number of benzene rings is 1. The maximum atomic E-state index is 11.3. The zero-order valence-corrected chi connectivity index (χ0v) is 11.1. The lowest BCUT2D eigenvalue weighted by molar-refractivity contribution is -0.385. The molecule has 0 aliphatic heterocycles. The van der Waals surface area contributed by atoms with Gasteiger partial charge in [0.15, 0.2) is 0 Å². The monoisotopic (exact) mass is 312 g/mol. The van der Waals surface area contributed by atoms with Gasteiger partial charge in [0.25, 0.3) is 5.69 Å². The van der Waals surface area contributed by atoms with E-state index in [2.05, 4.69) is 15.9 Å². The van der Waals surface area contributed by atoms with Crippen LogP contribution in [0.5, 0.6) is 0 Å². The Morgan fingerprint density at radius 2 is 2.28 bits per heavy atom. The first-order valence-electron chi connectivity index (χ1n) is 5.02. The minimum atomic E-state index is -0.583. The first-order valence-corrected chi connectivity index (χ1v) is 5.81. The summed E-state index contributed by atoms with van der Waals surface area (Å²) < 4.78 is 4.95. The first-order chi connectivity index (χ1) is 8.49. The highest BCUT2D eigenvalue weighted by Gasteiger charge is 2.18. The van der Waals surface area contributed by atoms with Gasteiger partial charge in [-0.05, 0) is 34.5 Å². The summed E-state index contributed by atoms with van der Waals surface area (Å²) in [6.07, 6.45) is -0.162. The third-order valence-corrected chi connectivity index (χ3v) is 2.77. The van der Waals surface area contributed by atoms with Crippen LogP contribution in [-0.4, -0.2) is 17.5 Å². The van der Waals surface area contributed by atoms with Crippen molar-refractivity contribution in [1.82, 2.24) is 0 Å². The predicted octanol–water partition coefficient (Wildman–Crippen LogP) is 2.33. The lowest BCUT2D eigenvalue weighted by Gasteiger charge is -2.05. The number of rotatable bonds is 4. The molecule has 0 N–H and O–H groups in total. The van der Waals surface area contributed by atoms with Gasteiger partial charge in [0.05, 0.1) is 34.1 Å². The molecule has 0 spiro atoms. The van der Waals surface area contributed by atoms with Crippen LogP contribution in [-0.2, 0) is 16.0 Å². The minimum Gasteiger partial charge on any atom is -0.466 e. The third kappa shape index (κ3) is 3.28. The molecule has 7 heteroatoms. The second-order valence-electron chi connectivity index (χ2n) is 3.31. The number of hydrogen-bond acceptors (Lipinski definition) is 5. The summed E-state index contributed by atoms with van der Waals surface area (Å²) in [6.45, 7) is 1.88. The molecule has 0 aliphatic carbocycles. The maximum Gasteiger partial charge on any atom is 0.310 e. The van der Waals surface area contributed by atoms with Crippen molar-refractivity contribution in [2.45, 2.75) is 13.3 Å². The summed E-state index contributed by atoms with van der Waals surface area (Å²) in [5.41, 5.74) is 0.305. The van der Waals surface area contributed by atoms with E-state index >= 15 is 0 Å². The number of esters is 1. The van der Waals surface area contributed by atoms with E-state index in [1.54, 1.807) is 6.92 Å². The van der Waals surface area contributed by atoms with E-state index in [9.17, 15) is 14.9 Å². The molecule has 0 bridgehead atoms. The van der Waals surface area contributed by atoms with E-state index in [-0.39, 0.29) is 34.3 Å². The van der Waals surface area contributed by atoms with Crippen molar-refractivity contribution in [1.29, 1.82) is 5.26 Å². The second kappa shape index (κ2) is 6.12. The quantitative estimate of drug-likeness (QED) is 0.483. The molecular weight excluding hydrogens is 304 g/mol. The Balaban J connectivity index is 3.17. The number of halogens is 1. The van der Waals surface area contributed by atoms with E-state index in [4.69, 9.17) is 10.00 Å². The molecule has 0 atom stereocenters. The van der Waals surface area contributed by atoms with Crippen LogP contribution >= 0.6 is 15.9 Å². The Kier molecular flexibility index (Phi) is 4.80. The molecule has 0 saturated carbocycles. The third-order valence-electron chi connectivity index (χ3n) is 2.13. The van der Waals surface area contributed by atoms with Crippen molar-refractivity contribution in [3.8, 4) is 6.07 Å². The second-order valence-corrected chi connectivity index (χ2v) is 4.17. The molecular formula is C11H9BrN2O4. The number of nitro groups is 1. The Hall–Kier alpha value is -1.94. The van der Waals surface area contributed by atoms with Crippen molar-refractivity contribution < 1.29 is 14.5 Å². The normalized spacial score (nSPS) is 9.61. The molecule has 0 aromatic heterocycles. The molecule has 6 nitrogen and oxygen atoms in total. The van der Waals surface area contributed by atoms with Crippen molar-refractivity contribution in [3.05, 3.63) is 37.8 Å². The van der Waals surface area contributed by atoms with Crippen LogP contribution in [0.15, 0.2) is 16.6 Å². The number of nitriles is 1. The molecule has 1 aromatic carbocycles. The fourth-order valence-electron chi connectivity index (χ4n) is 1.36. The molecule has 0 radical (unpaired) electrons. The van der Waals surface area contributed by atoms with Gasteiger partial charge in [0.1, 0.15) is 0 Å². The molecule has 1 aromatic rings. The van der Waals surface area contributed by atoms with Gasteiger partial charge in [-0.25, -0.2) is 0 Å². The predicted molar refractivity (Wildman–Crippen MR) is 65.8 cm³/mol. The van der Waals surface area contributed by atoms with Gasteiger partial charge in [0, 0.05) is 6.07 Å². The molecule has 0 aliphatic rings. The molecule has 94 valence electrons. The Bertz CT molecular complexity index is 537. The van der Waals surface area contributed by atoms with Crippen LogP contribution in [0.25, 0.3) is 0 Å². The van der Waals surface area contributed by atoms with Gasteiger partial charge in [-0.15, -0.1) is 0 Å². The largest absolute Gasteiger partial charge is 0.466 e. The summed E-state index contributed by atoms with van der Waals surface area (Å²) in [5, 5.41) is 19.7. The molecule has 1 rings (SSSR count). The molecule has 0 unspecified atom stereocenters. The number of hydrogen-bond donors (Lipinski definition) is 0. The smallest absolute Gasteiger partial charge is 0.310 e. The topological polar surface area (TPSA) is 93.2 Å². The summed E-state index contributed by atoms with van der Waals surface area (Å²) in [6, 6.07) is 4.42. The number of nitro benzene ring substituents is 1. The number of carbonyl (C=O) groups is 1. The van der Waals surface area contributed by atoms with Gasteiger partial charge in [0.2, 0.25) is 0 Å². The van der Waals surface area contributed by atoms with E-state index in [1.165, 1.54) is 12.1 Å². The highest BCUT2D eigenvalue weighted by molar-refractivity contribution is 9.10. The minimum absolute atomic E-state index is 0.162. The number of nitrogens with zero attached hydrogens (tertiary/aromatic N) is 2. The summed E-state index contributed by atoms with van der Waals surface area (Å²) in [4.78, 5) is 21.5. The van der Waals surface area contributed by atoms with Crippen molar-refractivity contribution in [3.63, 3.8) is 0 Å². The van der Waals surface area contributed by atoms with E-state index in [0.717, 1.165) is 0 Å². The number of ether oxygens (including phenoxy) is 1. The van der Waals surface area contributed by atoms with E-state index < -0.39 is 10.9 Å². The van der Waals surface area contributed by atoms with Crippen molar-refractivity contribution >= 4 is 27.6 Å². The molecule has 0 saturated heterocycles. The highest BCUT2D eigenvalue weighted by atomic mass is 79.9. The average Bonchev–Trinajstić information content (AvgIpc) is 2.30. The Morgan fingerprint density at radius 1 is 1.61 bits per heavy atom. The first kappa shape index (κ1) is 14.1. The average molecular weight is 313 g/mol. The van der Waals surface area contributed by atoms with Gasteiger partial charge in [-0.3, -0.25) is 14.9 Å². The van der Waals surface area contributed by atoms with Crippen LogP contribution in [0, 0.1) is 21.4 Å². The van der Waals surface area contributed by atoms with Crippen LogP contribution < -0.4 is 0 Å². The fraction of sp³-hybridized carbons (Fsp3) is 0.273. The SMILES string of the molecule is CCOC(=O)Cc1cc([N+](=O)[O-])c(Br)cc1C#N. The summed E-state index contributed by atoms with van der Waals surface area (Å²) in [5.74, 6) is -0.523. The van der Waals surface area contributed by atoms with Crippen LogP contribution in [0.2, 0.25) is 0 Å². The van der Waals surface area contributed by atoms with Crippen LogP contribution in [0.3, 0.4) is 0 Å². The maximum absolute atomic E-state index is 11.3. The summed E-state index contributed by atoms with van der Waals surface area (Å²) in [7, 11) is 0. The molecule has 0 amide bonds. The zero-order valence-electron chi connectivity index (χ0n) is 9.47. The van der Waals surface area contributed by atoms with E-state index in [1.807, 2.05) is 6.07 Å². The summed E-state index contributed by atoms with van der Waals surface area (Å²) >= 11 is 3.01. The van der Waals surface area contributed by atoms with Crippen molar-refractivity contribution in [2.24, 2.45) is 0 Å². The lowest BCUT2D eigenvalue weighted by atomic mass is 10.0. The molecule has 0 fully saturated rings. The number of carbonyl (C=O) groups excluding carboxylic acids is 1. The van der Waals surface area contributed by atoms with Crippen LogP contribution in [0.4, 0.5) is 5.69 Å². The van der Waals surface area contributed by atoms with Gasteiger partial charge in [-0.1, -0.05) is 0 Å². The fourth-order valence-corrected chi connectivity index (χ4v) is 1.85. The Morgan fingerprint density at radius 3 is 2.78 bits per heavy atom. The van der Waals surface area contributed by atoms with Crippen LogP contribution in [0.1, 0.15) is 18.1 Å². The van der Waals surface area contributed by atoms with Gasteiger partial charge in [-0.2, -0.15) is 5.26 Å². The molecule has 0 heterocycles.